The van der Waals surface area contributed by atoms with Crippen LogP contribution < -0.4 is 0 Å². The van der Waals surface area contributed by atoms with E-state index < -0.39 is 0 Å². The molecule has 0 saturated heterocycles. The second kappa shape index (κ2) is 4.08. The van der Waals surface area contributed by atoms with Crippen LogP contribution in [0.2, 0.25) is 0 Å². The highest BCUT2D eigenvalue weighted by Gasteiger charge is 2.10. The topological polar surface area (TPSA) is 40.5 Å². The quantitative estimate of drug-likeness (QED) is 0.674. The Morgan fingerprint density at radius 2 is 1.50 bits per heavy atom. The molecule has 0 aliphatic carbocycles. The lowest BCUT2D eigenvalue weighted by Crippen LogP contribution is -1.82. The lowest BCUT2D eigenvalue weighted by atomic mass is 9.99. The fourth-order valence-corrected chi connectivity index (χ4v) is 2.05. The number of phenolic OH excluding ortho intramolecular Hbond substituents is 2. The highest BCUT2D eigenvalue weighted by atomic mass is 16.3. The number of benzene rings is 3. The van der Waals surface area contributed by atoms with Crippen LogP contribution in [0, 0.1) is 6.07 Å². The second-order valence-corrected chi connectivity index (χ2v) is 4.13. The monoisotopic (exact) mass is 235 g/mol. The molecule has 0 aliphatic rings. The molecule has 2 heteroatoms. The molecule has 0 aliphatic heterocycles. The molecule has 0 fully saturated rings. The molecular weight excluding hydrogens is 224 g/mol. The first-order chi connectivity index (χ1) is 8.75. The van der Waals surface area contributed by atoms with Crippen LogP contribution in [0.3, 0.4) is 0 Å². The lowest BCUT2D eigenvalue weighted by Gasteiger charge is -2.08. The smallest absolute Gasteiger partial charge is 0.124 e. The van der Waals surface area contributed by atoms with Gasteiger partial charge in [0.15, 0.2) is 0 Å². The Morgan fingerprint density at radius 1 is 0.778 bits per heavy atom. The zero-order chi connectivity index (χ0) is 12.5. The lowest BCUT2D eigenvalue weighted by molar-refractivity contribution is 0.469. The first-order valence-corrected chi connectivity index (χ1v) is 5.68. The maximum Gasteiger partial charge on any atom is 0.124 e. The summed E-state index contributed by atoms with van der Waals surface area (Å²) in [5.41, 5.74) is 1.10. The molecule has 0 bridgehead atoms. The van der Waals surface area contributed by atoms with Crippen molar-refractivity contribution in [1.82, 2.24) is 0 Å². The van der Waals surface area contributed by atoms with Gasteiger partial charge in [0.1, 0.15) is 11.5 Å². The molecule has 1 radical (unpaired) electrons. The van der Waals surface area contributed by atoms with E-state index >= 15 is 0 Å². The first-order valence-electron chi connectivity index (χ1n) is 5.68. The van der Waals surface area contributed by atoms with E-state index in [-0.39, 0.29) is 11.5 Å². The summed E-state index contributed by atoms with van der Waals surface area (Å²) in [5.74, 6) is 0.259. The third-order valence-corrected chi connectivity index (χ3v) is 2.94. The van der Waals surface area contributed by atoms with E-state index in [0.717, 1.165) is 10.8 Å². The van der Waals surface area contributed by atoms with Crippen LogP contribution in [0.1, 0.15) is 0 Å². The summed E-state index contributed by atoms with van der Waals surface area (Å²) in [5, 5.41) is 21.7. The molecule has 2 nitrogen and oxygen atoms in total. The molecule has 0 amide bonds. The molecule has 0 unspecified atom stereocenters. The Labute approximate surface area is 105 Å². The van der Waals surface area contributed by atoms with Crippen molar-refractivity contribution >= 4 is 10.8 Å². The zero-order valence-corrected chi connectivity index (χ0v) is 9.59. The van der Waals surface area contributed by atoms with Crippen molar-refractivity contribution in [1.29, 1.82) is 0 Å². The number of fused-ring (bicyclic) bond motifs is 1. The minimum Gasteiger partial charge on any atom is -0.507 e. The van der Waals surface area contributed by atoms with Crippen molar-refractivity contribution in [3.8, 4) is 22.6 Å². The predicted molar refractivity (Wildman–Crippen MR) is 71.5 cm³/mol. The maximum absolute atomic E-state index is 10.0. The maximum atomic E-state index is 10.0. The minimum atomic E-state index is 0.121. The Morgan fingerprint density at radius 3 is 2.33 bits per heavy atom. The van der Waals surface area contributed by atoms with Crippen LogP contribution in [0.5, 0.6) is 11.5 Å². The molecule has 0 atom stereocenters. The number of hydrogen-bond acceptors (Lipinski definition) is 2. The third-order valence-electron chi connectivity index (χ3n) is 2.94. The van der Waals surface area contributed by atoms with Gasteiger partial charge in [-0.05, 0) is 22.9 Å². The molecule has 2 N–H and O–H groups in total. The average molecular weight is 235 g/mol. The van der Waals surface area contributed by atoms with Gasteiger partial charge in [0.25, 0.3) is 0 Å². The van der Waals surface area contributed by atoms with Crippen molar-refractivity contribution in [2.45, 2.75) is 0 Å². The van der Waals surface area contributed by atoms with Gasteiger partial charge in [-0.15, -0.1) is 0 Å². The molecule has 0 spiro atoms. The Bertz CT molecular complexity index is 717. The summed E-state index contributed by atoms with van der Waals surface area (Å²) in [6, 6.07) is 19.4. The second-order valence-electron chi connectivity index (χ2n) is 4.13. The first kappa shape index (κ1) is 10.7. The number of aromatic hydroxyl groups is 2. The van der Waals surface area contributed by atoms with Gasteiger partial charge in [-0.3, -0.25) is 0 Å². The summed E-state index contributed by atoms with van der Waals surface area (Å²) < 4.78 is 0. The van der Waals surface area contributed by atoms with Gasteiger partial charge in [-0.25, -0.2) is 0 Å². The zero-order valence-electron chi connectivity index (χ0n) is 9.59. The molecule has 0 saturated carbocycles. The number of rotatable bonds is 1. The van der Waals surface area contributed by atoms with Crippen molar-refractivity contribution < 1.29 is 10.2 Å². The summed E-state index contributed by atoms with van der Waals surface area (Å²) in [7, 11) is 0. The Hall–Kier alpha value is -2.48. The van der Waals surface area contributed by atoms with Gasteiger partial charge in [-0.2, -0.15) is 0 Å². The largest absolute Gasteiger partial charge is 0.507 e. The fraction of sp³-hybridized carbons (Fsp3) is 0. The Kier molecular flexibility index (Phi) is 2.41. The average Bonchev–Trinajstić information content (AvgIpc) is 2.39. The molecule has 87 valence electrons. The Balaban J connectivity index is 2.30. The summed E-state index contributed by atoms with van der Waals surface area (Å²) >= 11 is 0. The van der Waals surface area contributed by atoms with E-state index in [1.54, 1.807) is 24.3 Å². The predicted octanol–water partition coefficient (Wildman–Crippen LogP) is 3.72. The van der Waals surface area contributed by atoms with Crippen molar-refractivity contribution in [2.75, 3.05) is 0 Å². The van der Waals surface area contributed by atoms with Gasteiger partial charge < -0.3 is 10.2 Å². The molecule has 3 aromatic rings. The van der Waals surface area contributed by atoms with Crippen LogP contribution in [-0.2, 0) is 0 Å². The highest BCUT2D eigenvalue weighted by molar-refractivity contribution is 5.90. The molecule has 0 heterocycles. The van der Waals surface area contributed by atoms with Crippen molar-refractivity contribution in [3.05, 3.63) is 60.7 Å². The molecule has 3 aromatic carbocycles. The van der Waals surface area contributed by atoms with Gasteiger partial charge in [0, 0.05) is 17.2 Å². The van der Waals surface area contributed by atoms with E-state index in [4.69, 9.17) is 0 Å². The van der Waals surface area contributed by atoms with Crippen LogP contribution in [0.25, 0.3) is 21.9 Å². The normalized spacial score (nSPS) is 10.7. The van der Waals surface area contributed by atoms with Gasteiger partial charge in [0.05, 0.1) is 0 Å². The van der Waals surface area contributed by atoms with Gasteiger partial charge in [0.2, 0.25) is 0 Å². The van der Waals surface area contributed by atoms with Gasteiger partial charge in [-0.1, -0.05) is 42.5 Å². The summed E-state index contributed by atoms with van der Waals surface area (Å²) in [6.45, 7) is 0. The SMILES string of the molecule is Oc1cc2ccccc2[c]c1-c1ccccc1O. The molecular formula is C16H11O2. The standard InChI is InChI=1S/C16H11O2/c17-15-8-4-3-7-13(15)14-9-11-5-1-2-6-12(11)10-16(14)18/h1-8,10,17-18H. The van der Waals surface area contributed by atoms with Crippen LogP contribution >= 0.6 is 0 Å². The van der Waals surface area contributed by atoms with E-state index in [9.17, 15) is 10.2 Å². The fourth-order valence-electron chi connectivity index (χ4n) is 2.05. The number of phenols is 2. The molecule has 3 rings (SSSR count). The van der Waals surface area contributed by atoms with Crippen LogP contribution in [-0.4, -0.2) is 10.2 Å². The van der Waals surface area contributed by atoms with Crippen molar-refractivity contribution in [3.63, 3.8) is 0 Å². The molecule has 0 aromatic heterocycles. The number of hydrogen-bond donors (Lipinski definition) is 2. The van der Waals surface area contributed by atoms with E-state index in [1.807, 2.05) is 30.3 Å². The summed E-state index contributed by atoms with van der Waals surface area (Å²) in [4.78, 5) is 0. The summed E-state index contributed by atoms with van der Waals surface area (Å²) in [6.07, 6.45) is 0. The highest BCUT2D eigenvalue weighted by Crippen LogP contribution is 2.37. The number of para-hydroxylation sites is 1. The van der Waals surface area contributed by atoms with Crippen molar-refractivity contribution in [2.24, 2.45) is 0 Å². The van der Waals surface area contributed by atoms with Gasteiger partial charge >= 0.3 is 0 Å². The van der Waals surface area contributed by atoms with E-state index in [1.165, 1.54) is 0 Å². The third kappa shape index (κ3) is 1.68. The minimum absolute atomic E-state index is 0.121. The molecule has 18 heavy (non-hydrogen) atoms. The van der Waals surface area contributed by atoms with E-state index in [0.29, 0.717) is 11.1 Å². The van der Waals surface area contributed by atoms with Crippen LogP contribution in [0.15, 0.2) is 54.6 Å². The van der Waals surface area contributed by atoms with Crippen LogP contribution in [0.4, 0.5) is 0 Å². The van der Waals surface area contributed by atoms with E-state index in [2.05, 4.69) is 6.07 Å².